The highest BCUT2D eigenvalue weighted by Crippen LogP contribution is 2.28. The van der Waals surface area contributed by atoms with Gasteiger partial charge in [-0.15, -0.1) is 6.42 Å². The fourth-order valence-corrected chi connectivity index (χ4v) is 1.97. The fraction of sp³-hybridized carbons (Fsp3) is 0.267. The first-order valence-corrected chi connectivity index (χ1v) is 7.08. The second kappa shape index (κ2) is 7.43. The van der Waals surface area contributed by atoms with E-state index >= 15 is 0 Å². The first-order chi connectivity index (χ1) is 10.7. The van der Waals surface area contributed by atoms with E-state index in [9.17, 15) is 0 Å². The van der Waals surface area contributed by atoms with Crippen molar-refractivity contribution in [3.63, 3.8) is 0 Å². The molecule has 0 radical (unpaired) electrons. The van der Waals surface area contributed by atoms with E-state index < -0.39 is 0 Å². The summed E-state index contributed by atoms with van der Waals surface area (Å²) in [6.07, 6.45) is 6.87. The van der Waals surface area contributed by atoms with Crippen molar-refractivity contribution in [3.05, 3.63) is 34.4 Å². The van der Waals surface area contributed by atoms with Crippen molar-refractivity contribution in [3.8, 4) is 23.8 Å². The van der Waals surface area contributed by atoms with E-state index in [0.717, 1.165) is 5.56 Å². The van der Waals surface area contributed by atoms with E-state index in [2.05, 4.69) is 21.2 Å². The number of nitrogens with zero attached hydrogens (tertiary/aromatic N) is 3. The van der Waals surface area contributed by atoms with Gasteiger partial charge in [0.1, 0.15) is 12.4 Å². The van der Waals surface area contributed by atoms with Crippen LogP contribution >= 0.6 is 12.2 Å². The molecule has 0 aliphatic heterocycles. The molecule has 1 N–H and O–H groups in total. The van der Waals surface area contributed by atoms with Gasteiger partial charge < -0.3 is 9.47 Å². The van der Waals surface area contributed by atoms with Crippen molar-refractivity contribution in [1.29, 1.82) is 0 Å². The molecule has 0 spiro atoms. The van der Waals surface area contributed by atoms with Gasteiger partial charge in [0, 0.05) is 0 Å². The maximum absolute atomic E-state index is 5.56. The number of terminal acetylenes is 1. The molecular formula is C15H16N4O2S. The molecule has 2 rings (SSSR count). The average Bonchev–Trinajstić information content (AvgIpc) is 2.83. The SMILES string of the molecule is C#CCOc1ccc(/C=N\n2c(C)n[nH]c2=S)cc1OCC. The Hall–Kier alpha value is -2.59. The van der Waals surface area contributed by atoms with Gasteiger partial charge >= 0.3 is 0 Å². The van der Waals surface area contributed by atoms with Crippen LogP contribution in [0.1, 0.15) is 18.3 Å². The molecule has 114 valence electrons. The highest BCUT2D eigenvalue weighted by molar-refractivity contribution is 7.71. The molecule has 1 aromatic carbocycles. The first-order valence-electron chi connectivity index (χ1n) is 6.67. The van der Waals surface area contributed by atoms with Crippen LogP contribution in [0, 0.1) is 24.0 Å². The monoisotopic (exact) mass is 316 g/mol. The minimum atomic E-state index is 0.191. The summed E-state index contributed by atoms with van der Waals surface area (Å²) in [5.41, 5.74) is 0.846. The van der Waals surface area contributed by atoms with Crippen molar-refractivity contribution in [2.75, 3.05) is 13.2 Å². The zero-order valence-corrected chi connectivity index (χ0v) is 13.2. The van der Waals surface area contributed by atoms with Crippen LogP contribution in [-0.2, 0) is 0 Å². The Morgan fingerprint density at radius 3 is 2.91 bits per heavy atom. The molecule has 0 saturated carbocycles. The summed E-state index contributed by atoms with van der Waals surface area (Å²) in [6, 6.07) is 5.49. The number of hydrogen-bond acceptors (Lipinski definition) is 5. The van der Waals surface area contributed by atoms with Crippen molar-refractivity contribution >= 4 is 18.4 Å². The van der Waals surface area contributed by atoms with Gasteiger partial charge in [0.05, 0.1) is 12.8 Å². The quantitative estimate of drug-likeness (QED) is 0.505. The van der Waals surface area contributed by atoms with Crippen molar-refractivity contribution in [2.24, 2.45) is 5.10 Å². The Balaban J connectivity index is 2.27. The summed E-state index contributed by atoms with van der Waals surface area (Å²) in [7, 11) is 0. The van der Waals surface area contributed by atoms with Crippen LogP contribution in [0.3, 0.4) is 0 Å². The van der Waals surface area contributed by atoms with Crippen LogP contribution < -0.4 is 9.47 Å². The normalized spacial score (nSPS) is 10.6. The summed E-state index contributed by atoms with van der Waals surface area (Å²) in [5, 5.41) is 11.0. The number of nitrogens with one attached hydrogen (secondary N) is 1. The predicted octanol–water partition coefficient (Wildman–Crippen LogP) is 2.54. The van der Waals surface area contributed by atoms with Crippen LogP contribution in [0.15, 0.2) is 23.3 Å². The van der Waals surface area contributed by atoms with Gasteiger partial charge in [-0.3, -0.25) is 5.10 Å². The lowest BCUT2D eigenvalue weighted by atomic mass is 10.2. The zero-order chi connectivity index (χ0) is 15.9. The number of hydrogen-bond donors (Lipinski definition) is 1. The van der Waals surface area contributed by atoms with Gasteiger partial charge in [0.25, 0.3) is 0 Å². The summed E-state index contributed by atoms with van der Waals surface area (Å²) < 4.78 is 13.0. The Labute approximate surface area is 133 Å². The number of H-pyrrole nitrogens is 1. The van der Waals surface area contributed by atoms with Gasteiger partial charge in [-0.25, -0.2) is 0 Å². The Morgan fingerprint density at radius 1 is 1.45 bits per heavy atom. The van der Waals surface area contributed by atoms with E-state index in [4.69, 9.17) is 28.1 Å². The van der Waals surface area contributed by atoms with E-state index in [1.165, 1.54) is 0 Å². The maximum Gasteiger partial charge on any atom is 0.216 e. The van der Waals surface area contributed by atoms with Crippen molar-refractivity contribution in [2.45, 2.75) is 13.8 Å². The molecule has 0 bridgehead atoms. The van der Waals surface area contributed by atoms with Crippen molar-refractivity contribution < 1.29 is 9.47 Å². The maximum atomic E-state index is 5.56. The Kier molecular flexibility index (Phi) is 5.33. The standard InChI is InChI=1S/C15H16N4O2S/c1-4-8-21-13-7-6-12(9-14(13)20-5-2)10-16-19-11(3)17-18-15(19)22/h1,6-7,9-10H,5,8H2,2-3H3,(H,18,22)/b16-10-. The number of benzene rings is 1. The summed E-state index contributed by atoms with van der Waals surface area (Å²) >= 11 is 5.09. The van der Waals surface area contributed by atoms with Crippen LogP contribution in [0.4, 0.5) is 0 Å². The second-order valence-corrected chi connectivity index (χ2v) is 4.65. The van der Waals surface area contributed by atoms with Gasteiger partial charge in [-0.1, -0.05) is 5.92 Å². The molecule has 0 unspecified atom stereocenters. The zero-order valence-electron chi connectivity index (χ0n) is 12.4. The lowest BCUT2D eigenvalue weighted by molar-refractivity contribution is 0.299. The smallest absolute Gasteiger partial charge is 0.216 e. The summed E-state index contributed by atoms with van der Waals surface area (Å²) in [5.74, 6) is 4.33. The number of ether oxygens (including phenoxy) is 2. The number of rotatable bonds is 6. The minimum Gasteiger partial charge on any atom is -0.490 e. The van der Waals surface area contributed by atoms with Gasteiger partial charge in [-0.05, 0) is 49.8 Å². The highest BCUT2D eigenvalue weighted by Gasteiger charge is 2.05. The third kappa shape index (κ3) is 3.74. The molecule has 0 atom stereocenters. The predicted molar refractivity (Wildman–Crippen MR) is 87.1 cm³/mol. The minimum absolute atomic E-state index is 0.191. The number of aryl methyl sites for hydroxylation is 1. The van der Waals surface area contributed by atoms with Crippen molar-refractivity contribution in [1.82, 2.24) is 14.9 Å². The molecule has 0 fully saturated rings. The Bertz CT molecular complexity index is 771. The first kappa shape index (κ1) is 15.8. The molecular weight excluding hydrogens is 300 g/mol. The van der Waals surface area contributed by atoms with E-state index in [-0.39, 0.29) is 6.61 Å². The summed E-state index contributed by atoms with van der Waals surface area (Å²) in [6.45, 7) is 4.43. The van der Waals surface area contributed by atoms with Crippen LogP contribution in [-0.4, -0.2) is 34.3 Å². The van der Waals surface area contributed by atoms with Gasteiger partial charge in [0.2, 0.25) is 4.77 Å². The average molecular weight is 316 g/mol. The fourth-order valence-electron chi connectivity index (χ4n) is 1.74. The molecule has 0 amide bonds. The van der Waals surface area contributed by atoms with Crippen LogP contribution in [0.25, 0.3) is 0 Å². The molecule has 7 heteroatoms. The van der Waals surface area contributed by atoms with E-state index in [1.54, 1.807) is 17.0 Å². The molecule has 22 heavy (non-hydrogen) atoms. The molecule has 6 nitrogen and oxygen atoms in total. The van der Waals surface area contributed by atoms with Crippen LogP contribution in [0.5, 0.6) is 11.5 Å². The van der Waals surface area contributed by atoms with Gasteiger partial charge in [-0.2, -0.15) is 14.9 Å². The molecule has 1 aromatic heterocycles. The van der Waals surface area contributed by atoms with E-state index in [1.807, 2.05) is 26.0 Å². The summed E-state index contributed by atoms with van der Waals surface area (Å²) in [4.78, 5) is 0. The molecule has 1 heterocycles. The third-order valence-electron chi connectivity index (χ3n) is 2.71. The van der Waals surface area contributed by atoms with E-state index in [0.29, 0.717) is 28.7 Å². The lowest BCUT2D eigenvalue weighted by Gasteiger charge is -2.10. The topological polar surface area (TPSA) is 64.4 Å². The second-order valence-electron chi connectivity index (χ2n) is 4.26. The molecule has 0 aliphatic carbocycles. The van der Waals surface area contributed by atoms with Crippen LogP contribution in [0.2, 0.25) is 0 Å². The Morgan fingerprint density at radius 2 is 2.27 bits per heavy atom. The molecule has 0 aliphatic rings. The third-order valence-corrected chi connectivity index (χ3v) is 2.98. The molecule has 2 aromatic rings. The largest absolute Gasteiger partial charge is 0.490 e. The highest BCUT2D eigenvalue weighted by atomic mass is 32.1. The molecule has 0 saturated heterocycles. The van der Waals surface area contributed by atoms with Gasteiger partial charge in [0.15, 0.2) is 11.5 Å². The number of aromatic amines is 1. The number of aromatic nitrogens is 3. The lowest BCUT2D eigenvalue weighted by Crippen LogP contribution is -2.00.